The first-order valence-corrected chi connectivity index (χ1v) is 4.78. The molecule has 0 fully saturated rings. The van der Waals surface area contributed by atoms with Gasteiger partial charge in [-0.3, -0.25) is 0 Å². The fourth-order valence-corrected chi connectivity index (χ4v) is 2.49. The van der Waals surface area contributed by atoms with Crippen molar-refractivity contribution in [3.8, 4) is 0 Å². The summed E-state index contributed by atoms with van der Waals surface area (Å²) in [5, 5.41) is 0. The molecule has 1 aromatic carbocycles. The average molecular weight is 184 g/mol. The predicted octanol–water partition coefficient (Wildman–Crippen LogP) is 1.74. The zero-order valence-corrected chi connectivity index (χ0v) is 7.25. The molecule has 0 radical (unpaired) electrons. The number of hydrogen-bond acceptors (Lipinski definition) is 3. The number of anilines is 2. The monoisotopic (exact) mass is 184 g/mol. The van der Waals surface area contributed by atoms with Crippen LogP contribution in [0.2, 0.25) is 0 Å². The van der Waals surface area contributed by atoms with Crippen LogP contribution in [0.5, 0.6) is 0 Å². The van der Waals surface area contributed by atoms with Crippen LogP contribution in [-0.4, -0.2) is 0 Å². The van der Waals surface area contributed by atoms with Crippen molar-refractivity contribution in [2.24, 2.45) is 0 Å². The highest BCUT2D eigenvalue weighted by atomic mass is 32.2. The summed E-state index contributed by atoms with van der Waals surface area (Å²) in [6, 6.07) is 1.68. The van der Waals surface area contributed by atoms with Gasteiger partial charge in [-0.2, -0.15) is 11.8 Å². The van der Waals surface area contributed by atoms with Crippen LogP contribution in [0, 0.1) is 5.82 Å². The second-order valence-corrected chi connectivity index (χ2v) is 3.81. The lowest BCUT2D eigenvalue weighted by molar-refractivity contribution is 0.636. The van der Waals surface area contributed by atoms with Crippen molar-refractivity contribution < 1.29 is 4.39 Å². The summed E-state index contributed by atoms with van der Waals surface area (Å²) in [6.45, 7) is 0. The van der Waals surface area contributed by atoms with Crippen molar-refractivity contribution in [2.45, 2.75) is 11.5 Å². The number of rotatable bonds is 0. The number of hydrogen-bond donors (Lipinski definition) is 2. The van der Waals surface area contributed by atoms with E-state index in [1.54, 1.807) is 17.8 Å². The smallest absolute Gasteiger partial charge is 0.169 e. The van der Waals surface area contributed by atoms with Crippen LogP contribution in [0.15, 0.2) is 6.07 Å². The van der Waals surface area contributed by atoms with Gasteiger partial charge in [-0.15, -0.1) is 0 Å². The lowest BCUT2D eigenvalue weighted by Gasteiger charge is -2.06. The highest BCUT2D eigenvalue weighted by molar-refractivity contribution is 7.98. The maximum atomic E-state index is 13.1. The summed E-state index contributed by atoms with van der Waals surface area (Å²) in [7, 11) is 0. The predicted molar refractivity (Wildman–Crippen MR) is 50.2 cm³/mol. The molecular weight excluding hydrogens is 175 g/mol. The van der Waals surface area contributed by atoms with Crippen LogP contribution >= 0.6 is 11.8 Å². The summed E-state index contributed by atoms with van der Waals surface area (Å²) in [6.07, 6.45) is 0. The lowest BCUT2D eigenvalue weighted by Crippen LogP contribution is -2.02. The van der Waals surface area contributed by atoms with Gasteiger partial charge in [0.05, 0.1) is 11.4 Å². The Morgan fingerprint density at radius 2 is 2.08 bits per heavy atom. The molecular formula is C8H9FN2S. The molecule has 1 heterocycles. The minimum atomic E-state index is -0.462. The van der Waals surface area contributed by atoms with Crippen LogP contribution in [0.25, 0.3) is 0 Å². The van der Waals surface area contributed by atoms with E-state index in [0.29, 0.717) is 0 Å². The topological polar surface area (TPSA) is 52.0 Å². The van der Waals surface area contributed by atoms with Crippen LogP contribution in [0.3, 0.4) is 0 Å². The molecule has 0 bridgehead atoms. The van der Waals surface area contributed by atoms with E-state index in [4.69, 9.17) is 11.5 Å². The third-order valence-electron chi connectivity index (χ3n) is 2.04. The molecule has 0 saturated carbocycles. The second-order valence-electron chi connectivity index (χ2n) is 2.82. The largest absolute Gasteiger partial charge is 0.396 e. The number of thioether (sulfide) groups is 1. The highest BCUT2D eigenvalue weighted by Gasteiger charge is 2.18. The van der Waals surface area contributed by atoms with Crippen molar-refractivity contribution in [3.05, 3.63) is 23.0 Å². The van der Waals surface area contributed by atoms with E-state index in [1.165, 1.54) is 0 Å². The maximum absolute atomic E-state index is 13.1. The van der Waals surface area contributed by atoms with Crippen molar-refractivity contribution in [2.75, 3.05) is 11.5 Å². The Bertz CT molecular complexity index is 338. The molecule has 0 spiro atoms. The zero-order valence-electron chi connectivity index (χ0n) is 6.43. The molecule has 0 amide bonds. The first-order valence-electron chi connectivity index (χ1n) is 3.63. The Labute approximate surface area is 74.1 Å². The molecule has 2 rings (SSSR count). The van der Waals surface area contributed by atoms with E-state index in [9.17, 15) is 4.39 Å². The summed E-state index contributed by atoms with van der Waals surface area (Å²) in [5.41, 5.74) is 13.4. The van der Waals surface area contributed by atoms with Crippen molar-refractivity contribution in [1.29, 1.82) is 0 Å². The average Bonchev–Trinajstić information content (AvgIpc) is 2.48. The standard InChI is InChI=1S/C8H9FN2S/c9-7-6(10)1-4-2-12-3-5(4)8(7)11/h1H,2-3,10-11H2. The number of nitrogens with two attached hydrogens (primary N) is 2. The van der Waals surface area contributed by atoms with E-state index in [-0.39, 0.29) is 11.4 Å². The number of halogens is 1. The van der Waals surface area contributed by atoms with Gasteiger partial charge in [0.2, 0.25) is 0 Å². The molecule has 4 N–H and O–H groups in total. The van der Waals surface area contributed by atoms with Crippen molar-refractivity contribution in [3.63, 3.8) is 0 Å². The van der Waals surface area contributed by atoms with Crippen LogP contribution in [-0.2, 0) is 11.5 Å². The number of fused-ring (bicyclic) bond motifs is 1. The normalized spacial score (nSPS) is 14.8. The summed E-state index contributed by atoms with van der Waals surface area (Å²) in [4.78, 5) is 0. The van der Waals surface area contributed by atoms with Gasteiger partial charge in [0.1, 0.15) is 0 Å². The lowest BCUT2D eigenvalue weighted by atomic mass is 10.1. The molecule has 4 heteroatoms. The molecule has 1 aliphatic rings. The first-order chi connectivity index (χ1) is 5.70. The summed E-state index contributed by atoms with van der Waals surface area (Å²) in [5.74, 6) is 1.24. The van der Waals surface area contributed by atoms with Crippen molar-refractivity contribution >= 4 is 23.1 Å². The fourth-order valence-electron chi connectivity index (χ4n) is 1.36. The Kier molecular flexibility index (Phi) is 1.65. The van der Waals surface area contributed by atoms with Gasteiger partial charge in [0, 0.05) is 11.5 Å². The minimum absolute atomic E-state index is 0.161. The van der Waals surface area contributed by atoms with E-state index in [1.807, 2.05) is 0 Å². The van der Waals surface area contributed by atoms with Gasteiger partial charge in [-0.05, 0) is 17.2 Å². The van der Waals surface area contributed by atoms with Gasteiger partial charge < -0.3 is 11.5 Å². The highest BCUT2D eigenvalue weighted by Crippen LogP contribution is 2.37. The van der Waals surface area contributed by atoms with E-state index in [2.05, 4.69) is 0 Å². The Hall–Kier alpha value is -0.900. The second kappa shape index (κ2) is 2.55. The van der Waals surface area contributed by atoms with Crippen LogP contribution in [0.1, 0.15) is 11.1 Å². The molecule has 0 unspecified atom stereocenters. The summed E-state index contributed by atoms with van der Waals surface area (Å²) < 4.78 is 13.1. The quantitative estimate of drug-likeness (QED) is 0.604. The zero-order chi connectivity index (χ0) is 8.72. The third-order valence-corrected chi connectivity index (χ3v) is 3.04. The molecule has 2 nitrogen and oxygen atoms in total. The fraction of sp³-hybridized carbons (Fsp3) is 0.250. The molecule has 1 aromatic rings. The molecule has 0 aromatic heterocycles. The molecule has 12 heavy (non-hydrogen) atoms. The molecule has 0 atom stereocenters. The van der Waals surface area contributed by atoms with Gasteiger partial charge in [-0.1, -0.05) is 0 Å². The van der Waals surface area contributed by atoms with Gasteiger partial charge in [0.25, 0.3) is 0 Å². The number of nitrogen functional groups attached to an aromatic ring is 2. The van der Waals surface area contributed by atoms with E-state index < -0.39 is 5.82 Å². The van der Waals surface area contributed by atoms with E-state index in [0.717, 1.165) is 22.6 Å². The Balaban J connectivity index is 2.67. The SMILES string of the molecule is Nc1cc2c(c(N)c1F)CSC2. The van der Waals surface area contributed by atoms with Crippen LogP contribution in [0.4, 0.5) is 15.8 Å². The molecule has 64 valence electrons. The van der Waals surface area contributed by atoms with Gasteiger partial charge in [-0.25, -0.2) is 4.39 Å². The Morgan fingerprint density at radius 1 is 1.33 bits per heavy atom. The first kappa shape index (κ1) is 7.73. The van der Waals surface area contributed by atoms with Crippen molar-refractivity contribution in [1.82, 2.24) is 0 Å². The third kappa shape index (κ3) is 0.948. The molecule has 0 aliphatic carbocycles. The van der Waals surface area contributed by atoms with Gasteiger partial charge >= 0.3 is 0 Å². The minimum Gasteiger partial charge on any atom is -0.396 e. The number of benzene rings is 1. The maximum Gasteiger partial charge on any atom is 0.169 e. The van der Waals surface area contributed by atoms with E-state index >= 15 is 0 Å². The molecule has 1 aliphatic heterocycles. The molecule has 0 saturated heterocycles. The summed E-state index contributed by atoms with van der Waals surface area (Å²) >= 11 is 1.73. The Morgan fingerprint density at radius 3 is 2.83 bits per heavy atom. The van der Waals surface area contributed by atoms with Gasteiger partial charge in [0.15, 0.2) is 5.82 Å². The van der Waals surface area contributed by atoms with Crippen LogP contribution < -0.4 is 11.5 Å².